The van der Waals surface area contributed by atoms with Crippen molar-refractivity contribution >= 4 is 23.3 Å². The lowest BCUT2D eigenvalue weighted by Crippen LogP contribution is -2.51. The number of ether oxygens (including phenoxy) is 1. The number of amides is 3. The smallest absolute Gasteiger partial charge is 0.321 e. The minimum atomic E-state index is -2.97. The number of nitrogens with zero attached hydrogens (tertiary/aromatic N) is 4. The second kappa shape index (κ2) is 7.43. The molecule has 5 rings (SSSR count). The highest BCUT2D eigenvalue weighted by atomic mass is 19.3. The average molecular weight is 442 g/mol. The summed E-state index contributed by atoms with van der Waals surface area (Å²) in [6.07, 6.45) is 3.12. The molecule has 3 aromatic rings. The number of fused-ring (bicyclic) bond motifs is 1. The summed E-state index contributed by atoms with van der Waals surface area (Å²) in [5.41, 5.74) is 1.75. The molecule has 2 aromatic heterocycles. The van der Waals surface area contributed by atoms with Gasteiger partial charge in [0, 0.05) is 25.5 Å². The molecule has 4 heterocycles. The molecule has 2 fully saturated rings. The summed E-state index contributed by atoms with van der Waals surface area (Å²) in [5.74, 6) is -4.62. The third kappa shape index (κ3) is 3.39. The zero-order valence-corrected chi connectivity index (χ0v) is 17.1. The monoisotopic (exact) mass is 442 g/mol. The lowest BCUT2D eigenvalue weighted by atomic mass is 9.95. The van der Waals surface area contributed by atoms with Crippen LogP contribution in [0, 0.1) is 0 Å². The van der Waals surface area contributed by atoms with Gasteiger partial charge >= 0.3 is 6.03 Å². The molecule has 0 saturated carbocycles. The van der Waals surface area contributed by atoms with Gasteiger partial charge in [0.1, 0.15) is 5.75 Å². The summed E-state index contributed by atoms with van der Waals surface area (Å²) in [4.78, 5) is 29.6. The van der Waals surface area contributed by atoms with Crippen LogP contribution in [0.5, 0.6) is 5.75 Å². The van der Waals surface area contributed by atoms with Crippen LogP contribution in [-0.2, 0) is 4.79 Å². The summed E-state index contributed by atoms with van der Waals surface area (Å²) >= 11 is 0. The van der Waals surface area contributed by atoms with E-state index in [0.717, 1.165) is 0 Å². The zero-order chi connectivity index (χ0) is 22.5. The Bertz CT molecular complexity index is 1200. The Hall–Kier alpha value is -3.76. The molecule has 11 heteroatoms. The first-order valence-electron chi connectivity index (χ1n) is 10.1. The number of nitrogens with one attached hydrogen (secondary N) is 2. The van der Waals surface area contributed by atoms with E-state index in [1.54, 1.807) is 41.4 Å². The molecule has 32 heavy (non-hydrogen) atoms. The number of anilines is 1. The first-order chi connectivity index (χ1) is 15.4. The molecule has 2 saturated heterocycles. The number of alkyl halides is 2. The Morgan fingerprint density at radius 2 is 2.00 bits per heavy atom. The molecule has 9 nitrogen and oxygen atoms in total. The molecule has 2 atom stereocenters. The Morgan fingerprint density at radius 3 is 2.72 bits per heavy atom. The Labute approximate surface area is 181 Å². The molecule has 0 aliphatic carbocycles. The maximum Gasteiger partial charge on any atom is 0.321 e. The number of aromatic nitrogens is 3. The largest absolute Gasteiger partial charge is 0.497 e. The van der Waals surface area contributed by atoms with Gasteiger partial charge in [-0.2, -0.15) is 5.10 Å². The van der Waals surface area contributed by atoms with E-state index in [-0.39, 0.29) is 13.1 Å². The minimum Gasteiger partial charge on any atom is -0.497 e. The topological polar surface area (TPSA) is 101 Å². The van der Waals surface area contributed by atoms with Gasteiger partial charge in [-0.1, -0.05) is 12.1 Å². The Morgan fingerprint density at radius 1 is 1.22 bits per heavy atom. The van der Waals surface area contributed by atoms with E-state index in [1.165, 1.54) is 17.8 Å². The third-order valence-electron chi connectivity index (χ3n) is 5.91. The van der Waals surface area contributed by atoms with Gasteiger partial charge in [0.15, 0.2) is 5.65 Å². The summed E-state index contributed by atoms with van der Waals surface area (Å²) in [6.45, 7) is -0.357. The van der Waals surface area contributed by atoms with Crippen LogP contribution in [0.2, 0.25) is 0 Å². The molecule has 0 spiro atoms. The van der Waals surface area contributed by atoms with Gasteiger partial charge in [0.2, 0.25) is 5.91 Å². The van der Waals surface area contributed by atoms with Crippen LogP contribution >= 0.6 is 0 Å². The first-order valence-corrected chi connectivity index (χ1v) is 10.1. The van der Waals surface area contributed by atoms with Gasteiger partial charge in [0.05, 0.1) is 36.9 Å². The van der Waals surface area contributed by atoms with Crippen LogP contribution in [0.3, 0.4) is 0 Å². The summed E-state index contributed by atoms with van der Waals surface area (Å²) < 4.78 is 36.7. The van der Waals surface area contributed by atoms with Crippen molar-refractivity contribution in [1.82, 2.24) is 25.2 Å². The second-order valence-corrected chi connectivity index (χ2v) is 7.87. The van der Waals surface area contributed by atoms with Gasteiger partial charge in [-0.3, -0.25) is 10.1 Å². The highest BCUT2D eigenvalue weighted by Gasteiger charge is 2.49. The van der Waals surface area contributed by atoms with Crippen LogP contribution in [-0.4, -0.2) is 59.2 Å². The average Bonchev–Trinajstić information content (AvgIpc) is 3.36. The van der Waals surface area contributed by atoms with Crippen LogP contribution < -0.4 is 20.3 Å². The van der Waals surface area contributed by atoms with Crippen LogP contribution in [0.15, 0.2) is 42.7 Å². The molecule has 0 bridgehead atoms. The van der Waals surface area contributed by atoms with Gasteiger partial charge in [-0.15, -0.1) is 0 Å². The van der Waals surface area contributed by atoms with E-state index in [9.17, 15) is 9.59 Å². The molecule has 2 aliphatic heterocycles. The molecule has 2 N–H and O–H groups in total. The number of hydrogen-bond donors (Lipinski definition) is 2. The van der Waals surface area contributed by atoms with Crippen molar-refractivity contribution in [3.05, 3.63) is 54.0 Å². The number of halogens is 2. The van der Waals surface area contributed by atoms with Crippen LogP contribution in [0.25, 0.3) is 5.65 Å². The van der Waals surface area contributed by atoms with Crippen LogP contribution in [0.4, 0.5) is 19.3 Å². The van der Waals surface area contributed by atoms with Crippen LogP contribution in [0.1, 0.15) is 23.1 Å². The van der Waals surface area contributed by atoms with Crippen molar-refractivity contribution < 1.29 is 23.1 Å². The number of hydrogen-bond acceptors (Lipinski definition) is 6. The quantitative estimate of drug-likeness (QED) is 0.640. The van der Waals surface area contributed by atoms with Gasteiger partial charge in [0.25, 0.3) is 5.92 Å². The van der Waals surface area contributed by atoms with E-state index in [1.807, 2.05) is 0 Å². The number of imide groups is 1. The van der Waals surface area contributed by atoms with E-state index in [2.05, 4.69) is 20.7 Å². The van der Waals surface area contributed by atoms with Crippen molar-refractivity contribution in [3.8, 4) is 5.75 Å². The number of carbonyl (C=O) groups excluding carboxylic acids is 2. The van der Waals surface area contributed by atoms with Crippen molar-refractivity contribution in [2.24, 2.45) is 0 Å². The normalized spacial score (nSPS) is 22.7. The number of benzene rings is 1. The van der Waals surface area contributed by atoms with Crippen molar-refractivity contribution in [2.75, 3.05) is 31.6 Å². The summed E-state index contributed by atoms with van der Waals surface area (Å²) in [5, 5.41) is 9.19. The predicted octanol–water partition coefficient (Wildman–Crippen LogP) is 1.90. The standard InChI is InChI=1S/C21H20F2N6O3/c1-32-13-4-2-12(3-5-13)15-10-28(11-21(15,22)23)17-8-16(27-29-7-6-24-18(17)29)14-9-25-20(31)26-19(14)30/h2-8,14-15H,9-11H2,1H3,(H2,25,26,30,31). The Kier molecular flexibility index (Phi) is 4.68. The number of rotatable bonds is 4. The fourth-order valence-corrected chi connectivity index (χ4v) is 4.24. The van der Waals surface area contributed by atoms with Crippen molar-refractivity contribution in [3.63, 3.8) is 0 Å². The summed E-state index contributed by atoms with van der Waals surface area (Å²) in [6, 6.07) is 7.67. The molecule has 0 radical (unpaired) electrons. The van der Waals surface area contributed by atoms with E-state index in [4.69, 9.17) is 4.74 Å². The highest BCUT2D eigenvalue weighted by molar-refractivity contribution is 6.00. The number of methoxy groups -OCH3 is 1. The maximum atomic E-state index is 15.1. The van der Waals surface area contributed by atoms with Gasteiger partial charge < -0.3 is 15.0 Å². The predicted molar refractivity (Wildman–Crippen MR) is 110 cm³/mol. The SMILES string of the molecule is COc1ccc(C2CN(c3cc(C4CNC(=O)NC4=O)nn4ccnc34)CC2(F)F)cc1. The van der Waals surface area contributed by atoms with Gasteiger partial charge in [-0.25, -0.2) is 23.1 Å². The van der Waals surface area contributed by atoms with Crippen molar-refractivity contribution in [2.45, 2.75) is 17.8 Å². The molecule has 2 unspecified atom stereocenters. The van der Waals surface area contributed by atoms with Crippen molar-refractivity contribution in [1.29, 1.82) is 0 Å². The molecule has 166 valence electrons. The van der Waals surface area contributed by atoms with E-state index in [0.29, 0.717) is 28.3 Å². The first kappa shape index (κ1) is 20.2. The highest BCUT2D eigenvalue weighted by Crippen LogP contribution is 2.43. The molecular formula is C21H20F2N6O3. The Balaban J connectivity index is 1.50. The summed E-state index contributed by atoms with van der Waals surface area (Å²) in [7, 11) is 1.52. The lowest BCUT2D eigenvalue weighted by Gasteiger charge is -2.24. The zero-order valence-electron chi connectivity index (χ0n) is 17.1. The van der Waals surface area contributed by atoms with Gasteiger partial charge in [-0.05, 0) is 23.8 Å². The maximum absolute atomic E-state index is 15.1. The minimum absolute atomic E-state index is 0.0684. The second-order valence-electron chi connectivity index (χ2n) is 7.87. The molecular weight excluding hydrogens is 422 g/mol. The fourth-order valence-electron chi connectivity index (χ4n) is 4.24. The molecule has 3 amide bonds. The number of imidazole rings is 1. The molecule has 1 aromatic carbocycles. The third-order valence-corrected chi connectivity index (χ3v) is 5.91. The van der Waals surface area contributed by atoms with E-state index < -0.39 is 36.2 Å². The van der Waals surface area contributed by atoms with E-state index >= 15 is 8.78 Å². The fraction of sp³-hybridized carbons (Fsp3) is 0.333. The lowest BCUT2D eigenvalue weighted by molar-refractivity contribution is -0.122. The number of urea groups is 1. The number of carbonyl (C=O) groups is 2. The molecule has 2 aliphatic rings.